The van der Waals surface area contributed by atoms with Gasteiger partial charge in [-0.3, -0.25) is 0 Å². The molecule has 0 aromatic heterocycles. The van der Waals surface area contributed by atoms with E-state index in [1.807, 2.05) is 12.1 Å². The quantitative estimate of drug-likeness (QED) is 0.231. The Balaban J connectivity index is 0.000000140. The van der Waals surface area contributed by atoms with Gasteiger partial charge in [0.2, 0.25) is 0 Å². The van der Waals surface area contributed by atoms with Crippen LogP contribution < -0.4 is 0 Å². The second-order valence-corrected chi connectivity index (χ2v) is 11.6. The van der Waals surface area contributed by atoms with E-state index in [0.29, 0.717) is 23.7 Å². The lowest BCUT2D eigenvalue weighted by Crippen LogP contribution is -2.31. The van der Waals surface area contributed by atoms with Gasteiger partial charge in [0.05, 0.1) is 31.0 Å². The zero-order chi connectivity index (χ0) is 30.7. The Morgan fingerprint density at radius 1 is 0.651 bits per heavy atom. The topological polar surface area (TPSA) is 74.8 Å². The molecule has 5 nitrogen and oxygen atoms in total. The average molecular weight is 583 g/mol. The van der Waals surface area contributed by atoms with E-state index in [2.05, 4.69) is 64.1 Å². The standard InChI is InChI=1S/C16H18.C10H16O3.2C6H6O/c1-11-10-16(14(4)13(3)12(11)2)15-8-6-5-7-9-15;1-2-10(13-3-1,4-8-6-11-8)5-9-7-12-9;2*7-6-4-2-1-3-5-6/h5-10H,1-4H3;8-9H,1-7H2;2*1-5,7H. The third kappa shape index (κ3) is 10.5. The number of rotatable bonds is 5. The number of phenols is 2. The molecule has 3 fully saturated rings. The van der Waals surface area contributed by atoms with Crippen molar-refractivity contribution in [1.82, 2.24) is 0 Å². The first-order chi connectivity index (χ1) is 20.8. The number of para-hydroxylation sites is 2. The number of phenolic OH excluding ortho intramolecular Hbond substituents is 2. The highest BCUT2D eigenvalue weighted by molar-refractivity contribution is 5.70. The molecule has 7 rings (SSSR count). The van der Waals surface area contributed by atoms with Crippen LogP contribution in [0.1, 0.15) is 47.9 Å². The Bertz CT molecular complexity index is 1320. The van der Waals surface area contributed by atoms with Crippen molar-refractivity contribution >= 4 is 0 Å². The van der Waals surface area contributed by atoms with E-state index in [9.17, 15) is 0 Å². The first-order valence-electron chi connectivity index (χ1n) is 15.2. The Hall–Kier alpha value is -3.64. The highest BCUT2D eigenvalue weighted by Crippen LogP contribution is 2.40. The SMILES string of the molecule is C1COC(CC2CO2)(CC2CO2)C1.Cc1cc(-c2ccccc2)c(C)c(C)c1C.Oc1ccccc1.Oc1ccccc1. The van der Waals surface area contributed by atoms with Crippen LogP contribution in [0, 0.1) is 27.7 Å². The summed E-state index contributed by atoms with van der Waals surface area (Å²) in [4.78, 5) is 0. The lowest BCUT2D eigenvalue weighted by molar-refractivity contribution is -0.0196. The number of benzene rings is 4. The first kappa shape index (κ1) is 32.3. The summed E-state index contributed by atoms with van der Waals surface area (Å²) < 4.78 is 16.4. The monoisotopic (exact) mass is 582 g/mol. The summed E-state index contributed by atoms with van der Waals surface area (Å²) in [6.07, 6.45) is 5.56. The Kier molecular flexibility index (Phi) is 11.8. The molecule has 5 heteroatoms. The van der Waals surface area contributed by atoms with Crippen molar-refractivity contribution in [2.24, 2.45) is 0 Å². The second-order valence-electron chi connectivity index (χ2n) is 11.6. The predicted octanol–water partition coefficient (Wildman–Crippen LogP) is 8.49. The maximum atomic E-state index is 8.63. The fourth-order valence-corrected chi connectivity index (χ4v) is 5.35. The van der Waals surface area contributed by atoms with Gasteiger partial charge in [-0.2, -0.15) is 0 Å². The summed E-state index contributed by atoms with van der Waals surface area (Å²) in [6.45, 7) is 11.6. The maximum Gasteiger partial charge on any atom is 0.115 e. The summed E-state index contributed by atoms with van der Waals surface area (Å²) in [7, 11) is 0. The van der Waals surface area contributed by atoms with Gasteiger partial charge in [-0.25, -0.2) is 0 Å². The lowest BCUT2D eigenvalue weighted by Gasteiger charge is -2.26. The predicted molar refractivity (Wildman–Crippen MR) is 174 cm³/mol. The van der Waals surface area contributed by atoms with Gasteiger partial charge in [-0.1, -0.05) is 72.8 Å². The summed E-state index contributed by atoms with van der Waals surface area (Å²) in [5, 5.41) is 17.3. The van der Waals surface area contributed by atoms with Crippen LogP contribution in [0.25, 0.3) is 11.1 Å². The molecule has 4 aromatic carbocycles. The van der Waals surface area contributed by atoms with Crippen molar-refractivity contribution in [1.29, 1.82) is 0 Å². The van der Waals surface area contributed by atoms with Gasteiger partial charge in [-0.15, -0.1) is 0 Å². The molecule has 0 aliphatic carbocycles. The van der Waals surface area contributed by atoms with Crippen LogP contribution in [0.2, 0.25) is 0 Å². The minimum absolute atomic E-state index is 0.113. The molecule has 4 aromatic rings. The number of ether oxygens (including phenoxy) is 3. The molecule has 3 saturated heterocycles. The van der Waals surface area contributed by atoms with Crippen LogP contribution in [-0.2, 0) is 14.2 Å². The van der Waals surface area contributed by atoms with E-state index in [-0.39, 0.29) is 5.60 Å². The fraction of sp³-hybridized carbons (Fsp3) is 0.368. The van der Waals surface area contributed by atoms with E-state index in [0.717, 1.165) is 32.7 Å². The maximum absolute atomic E-state index is 8.63. The summed E-state index contributed by atoms with van der Waals surface area (Å²) >= 11 is 0. The van der Waals surface area contributed by atoms with Gasteiger partial charge < -0.3 is 24.4 Å². The molecule has 3 aliphatic heterocycles. The van der Waals surface area contributed by atoms with Crippen LogP contribution in [0.3, 0.4) is 0 Å². The Labute approximate surface area is 257 Å². The Morgan fingerprint density at radius 3 is 1.49 bits per heavy atom. The van der Waals surface area contributed by atoms with Gasteiger partial charge >= 0.3 is 0 Å². The molecule has 0 bridgehead atoms. The van der Waals surface area contributed by atoms with Crippen molar-refractivity contribution in [2.45, 2.75) is 71.2 Å². The van der Waals surface area contributed by atoms with E-state index in [4.69, 9.17) is 24.4 Å². The van der Waals surface area contributed by atoms with Gasteiger partial charge in [0.15, 0.2) is 0 Å². The fourth-order valence-electron chi connectivity index (χ4n) is 5.35. The first-order valence-corrected chi connectivity index (χ1v) is 15.2. The van der Waals surface area contributed by atoms with E-state index >= 15 is 0 Å². The van der Waals surface area contributed by atoms with E-state index < -0.39 is 0 Å². The summed E-state index contributed by atoms with van der Waals surface area (Å²) in [6, 6.07) is 30.3. The van der Waals surface area contributed by atoms with E-state index in [1.165, 1.54) is 46.2 Å². The molecular formula is C38H46O5. The number of hydrogen-bond acceptors (Lipinski definition) is 5. The highest BCUT2D eigenvalue weighted by atomic mass is 16.6. The average Bonchev–Trinajstić information content (AvgIpc) is 3.96. The number of hydrogen-bond donors (Lipinski definition) is 2. The third-order valence-electron chi connectivity index (χ3n) is 8.27. The molecule has 0 amide bonds. The highest BCUT2D eigenvalue weighted by Gasteiger charge is 2.45. The smallest absolute Gasteiger partial charge is 0.115 e. The number of epoxide rings is 2. The van der Waals surface area contributed by atoms with Gasteiger partial charge in [0, 0.05) is 19.4 Å². The number of aryl methyl sites for hydroxylation is 1. The van der Waals surface area contributed by atoms with Gasteiger partial charge in [0.25, 0.3) is 0 Å². The van der Waals surface area contributed by atoms with Crippen LogP contribution in [0.15, 0.2) is 97.1 Å². The van der Waals surface area contributed by atoms with Crippen LogP contribution in [0.5, 0.6) is 11.5 Å². The van der Waals surface area contributed by atoms with Crippen molar-refractivity contribution in [2.75, 3.05) is 19.8 Å². The zero-order valence-corrected chi connectivity index (χ0v) is 26.0. The van der Waals surface area contributed by atoms with Gasteiger partial charge in [-0.05, 0) is 98.2 Å². The van der Waals surface area contributed by atoms with Crippen LogP contribution in [0.4, 0.5) is 0 Å². The zero-order valence-electron chi connectivity index (χ0n) is 26.0. The Morgan fingerprint density at radius 2 is 1.12 bits per heavy atom. The molecule has 0 spiro atoms. The molecule has 43 heavy (non-hydrogen) atoms. The van der Waals surface area contributed by atoms with Crippen molar-refractivity contribution in [3.8, 4) is 22.6 Å². The lowest BCUT2D eigenvalue weighted by atomic mass is 9.89. The van der Waals surface area contributed by atoms with E-state index in [1.54, 1.807) is 48.5 Å². The van der Waals surface area contributed by atoms with Crippen LogP contribution >= 0.6 is 0 Å². The minimum atomic E-state index is 0.113. The molecule has 0 saturated carbocycles. The van der Waals surface area contributed by atoms with Crippen molar-refractivity contribution < 1.29 is 24.4 Å². The van der Waals surface area contributed by atoms with Crippen molar-refractivity contribution in [3.63, 3.8) is 0 Å². The molecule has 2 N–H and O–H groups in total. The minimum Gasteiger partial charge on any atom is -0.508 e. The molecule has 3 aliphatic rings. The molecule has 2 atom stereocenters. The van der Waals surface area contributed by atoms with Crippen LogP contribution in [-0.4, -0.2) is 47.8 Å². The van der Waals surface area contributed by atoms with Gasteiger partial charge in [0.1, 0.15) is 11.5 Å². The third-order valence-corrected chi connectivity index (χ3v) is 8.27. The molecular weight excluding hydrogens is 536 g/mol. The molecule has 3 heterocycles. The molecule has 228 valence electrons. The van der Waals surface area contributed by atoms with Crippen molar-refractivity contribution in [3.05, 3.63) is 119 Å². The second kappa shape index (κ2) is 15.7. The normalized spacial score (nSPS) is 21.2. The molecule has 0 radical (unpaired) electrons. The number of aromatic hydroxyl groups is 2. The summed E-state index contributed by atoms with van der Waals surface area (Å²) in [5.41, 5.74) is 8.39. The summed E-state index contributed by atoms with van der Waals surface area (Å²) in [5.74, 6) is 0.644. The largest absolute Gasteiger partial charge is 0.508 e. The molecule has 2 unspecified atom stereocenters.